The van der Waals surface area contributed by atoms with E-state index < -0.39 is 0 Å². The molecule has 1 aliphatic heterocycles. The number of rotatable bonds is 7. The molecule has 0 fully saturated rings. The molecule has 0 bridgehead atoms. The smallest absolute Gasteiger partial charge is 0.237 e. The fourth-order valence-electron chi connectivity index (χ4n) is 3.22. The van der Waals surface area contributed by atoms with Crippen LogP contribution in [0.1, 0.15) is 37.8 Å². The number of carbonyl (C=O) groups is 2. The van der Waals surface area contributed by atoms with Crippen molar-refractivity contribution in [2.45, 2.75) is 45.7 Å². The second-order valence-corrected chi connectivity index (χ2v) is 6.54. The van der Waals surface area contributed by atoms with Crippen LogP contribution in [0.5, 0.6) is 0 Å². The monoisotopic (exact) mass is 317 g/mol. The van der Waals surface area contributed by atoms with Crippen LogP contribution in [0.3, 0.4) is 0 Å². The molecule has 0 aromatic heterocycles. The molecule has 1 atom stereocenters. The Morgan fingerprint density at radius 3 is 2.61 bits per heavy atom. The average Bonchev–Trinajstić information content (AvgIpc) is 2.51. The van der Waals surface area contributed by atoms with E-state index in [1.165, 1.54) is 11.1 Å². The molecule has 23 heavy (non-hydrogen) atoms. The minimum Gasteiger partial charge on any atom is -0.370 e. The first-order valence-electron chi connectivity index (χ1n) is 8.36. The van der Waals surface area contributed by atoms with Gasteiger partial charge in [0.25, 0.3) is 0 Å². The van der Waals surface area contributed by atoms with Crippen molar-refractivity contribution in [1.82, 2.24) is 10.2 Å². The van der Waals surface area contributed by atoms with Crippen LogP contribution in [-0.4, -0.2) is 35.8 Å². The summed E-state index contributed by atoms with van der Waals surface area (Å²) in [5.41, 5.74) is 7.81. The molecule has 0 radical (unpaired) electrons. The van der Waals surface area contributed by atoms with Crippen molar-refractivity contribution in [3.63, 3.8) is 0 Å². The van der Waals surface area contributed by atoms with Gasteiger partial charge in [0.1, 0.15) is 0 Å². The van der Waals surface area contributed by atoms with E-state index in [9.17, 15) is 9.59 Å². The highest BCUT2D eigenvalue weighted by atomic mass is 16.2. The van der Waals surface area contributed by atoms with E-state index in [1.54, 1.807) is 0 Å². The Balaban J connectivity index is 1.96. The molecule has 0 saturated heterocycles. The summed E-state index contributed by atoms with van der Waals surface area (Å²) in [6, 6.07) is 8.29. The Bertz CT molecular complexity index is 557. The SMILES string of the molecule is CC(C)C(C(=O)NCCCC(N)=O)N1CCc2ccccc2C1. The van der Waals surface area contributed by atoms with Crippen LogP contribution >= 0.6 is 0 Å². The number of fused-ring (bicyclic) bond motifs is 1. The van der Waals surface area contributed by atoms with Gasteiger partial charge < -0.3 is 11.1 Å². The van der Waals surface area contributed by atoms with Gasteiger partial charge in [-0.1, -0.05) is 38.1 Å². The molecule has 0 aliphatic carbocycles. The average molecular weight is 317 g/mol. The van der Waals surface area contributed by atoms with Crippen molar-refractivity contribution in [2.24, 2.45) is 11.7 Å². The van der Waals surface area contributed by atoms with Crippen LogP contribution in [-0.2, 0) is 22.6 Å². The maximum absolute atomic E-state index is 12.6. The third-order valence-corrected chi connectivity index (χ3v) is 4.35. The minimum absolute atomic E-state index is 0.0452. The molecule has 0 saturated carbocycles. The molecular weight excluding hydrogens is 290 g/mol. The number of primary amides is 1. The molecule has 5 nitrogen and oxygen atoms in total. The predicted molar refractivity (Wildman–Crippen MR) is 90.6 cm³/mol. The van der Waals surface area contributed by atoms with Gasteiger partial charge in [-0.3, -0.25) is 14.5 Å². The van der Waals surface area contributed by atoms with Crippen molar-refractivity contribution in [2.75, 3.05) is 13.1 Å². The lowest BCUT2D eigenvalue weighted by atomic mass is 9.94. The number of amides is 2. The van der Waals surface area contributed by atoms with Gasteiger partial charge in [0.05, 0.1) is 6.04 Å². The molecule has 1 heterocycles. The van der Waals surface area contributed by atoms with Gasteiger partial charge in [-0.15, -0.1) is 0 Å². The van der Waals surface area contributed by atoms with Crippen molar-refractivity contribution in [3.8, 4) is 0 Å². The second-order valence-electron chi connectivity index (χ2n) is 6.54. The van der Waals surface area contributed by atoms with Crippen LogP contribution in [0.15, 0.2) is 24.3 Å². The molecule has 2 amide bonds. The van der Waals surface area contributed by atoms with Gasteiger partial charge >= 0.3 is 0 Å². The van der Waals surface area contributed by atoms with Gasteiger partial charge in [-0.2, -0.15) is 0 Å². The first-order valence-corrected chi connectivity index (χ1v) is 8.36. The van der Waals surface area contributed by atoms with Crippen molar-refractivity contribution >= 4 is 11.8 Å². The minimum atomic E-state index is -0.327. The van der Waals surface area contributed by atoms with E-state index >= 15 is 0 Å². The number of nitrogens with zero attached hydrogens (tertiary/aromatic N) is 1. The van der Waals surface area contributed by atoms with Crippen LogP contribution in [0.2, 0.25) is 0 Å². The summed E-state index contributed by atoms with van der Waals surface area (Å²) in [6.45, 7) is 6.36. The lowest BCUT2D eigenvalue weighted by Crippen LogP contribution is -2.51. The third-order valence-electron chi connectivity index (χ3n) is 4.35. The third kappa shape index (κ3) is 4.79. The first-order chi connectivity index (χ1) is 11.0. The molecule has 2 rings (SSSR count). The summed E-state index contributed by atoms with van der Waals surface area (Å²) >= 11 is 0. The van der Waals surface area contributed by atoms with Gasteiger partial charge in [0, 0.05) is 26.1 Å². The highest BCUT2D eigenvalue weighted by Gasteiger charge is 2.30. The topological polar surface area (TPSA) is 75.4 Å². The quantitative estimate of drug-likeness (QED) is 0.748. The Kier molecular flexibility index (Phi) is 6.16. The molecule has 3 N–H and O–H groups in total. The standard InChI is InChI=1S/C18H27N3O2/c1-13(2)17(18(23)20-10-5-8-16(19)22)21-11-9-14-6-3-4-7-15(14)12-21/h3-4,6-7,13,17H,5,8-12H2,1-2H3,(H2,19,22)(H,20,23). The lowest BCUT2D eigenvalue weighted by molar-refractivity contribution is -0.128. The highest BCUT2D eigenvalue weighted by molar-refractivity contribution is 5.82. The van der Waals surface area contributed by atoms with Gasteiger partial charge in [0.15, 0.2) is 0 Å². The molecule has 1 aliphatic rings. The molecular formula is C18H27N3O2. The Labute approximate surface area is 138 Å². The van der Waals surface area contributed by atoms with Crippen LogP contribution in [0.25, 0.3) is 0 Å². The van der Waals surface area contributed by atoms with E-state index in [0.29, 0.717) is 19.4 Å². The summed E-state index contributed by atoms with van der Waals surface area (Å²) in [5.74, 6) is -0.0486. The fourth-order valence-corrected chi connectivity index (χ4v) is 3.22. The summed E-state index contributed by atoms with van der Waals surface area (Å²) in [7, 11) is 0. The molecule has 1 aromatic rings. The van der Waals surface area contributed by atoms with Crippen LogP contribution < -0.4 is 11.1 Å². The molecule has 5 heteroatoms. The van der Waals surface area contributed by atoms with Crippen molar-refractivity contribution in [3.05, 3.63) is 35.4 Å². The van der Waals surface area contributed by atoms with E-state index in [4.69, 9.17) is 5.73 Å². The van der Waals surface area contributed by atoms with Gasteiger partial charge in [-0.25, -0.2) is 0 Å². The highest BCUT2D eigenvalue weighted by Crippen LogP contribution is 2.23. The maximum atomic E-state index is 12.6. The predicted octanol–water partition coefficient (Wildman–Crippen LogP) is 1.45. The van der Waals surface area contributed by atoms with Crippen LogP contribution in [0.4, 0.5) is 0 Å². The van der Waals surface area contributed by atoms with Gasteiger partial charge in [0.2, 0.25) is 11.8 Å². The number of benzene rings is 1. The summed E-state index contributed by atoms with van der Waals surface area (Å²) < 4.78 is 0. The van der Waals surface area contributed by atoms with Crippen molar-refractivity contribution < 1.29 is 9.59 Å². The Morgan fingerprint density at radius 2 is 1.96 bits per heavy atom. The molecule has 0 spiro atoms. The summed E-state index contributed by atoms with van der Waals surface area (Å²) in [4.78, 5) is 25.6. The number of carbonyl (C=O) groups excluding carboxylic acids is 2. The van der Waals surface area contributed by atoms with E-state index in [0.717, 1.165) is 19.5 Å². The number of hydrogen-bond acceptors (Lipinski definition) is 3. The first kappa shape index (κ1) is 17.5. The number of nitrogens with two attached hydrogens (primary N) is 1. The largest absolute Gasteiger partial charge is 0.370 e. The Morgan fingerprint density at radius 1 is 1.26 bits per heavy atom. The maximum Gasteiger partial charge on any atom is 0.237 e. The van der Waals surface area contributed by atoms with E-state index in [-0.39, 0.29) is 23.8 Å². The van der Waals surface area contributed by atoms with E-state index in [2.05, 4.69) is 48.3 Å². The molecule has 126 valence electrons. The zero-order valence-corrected chi connectivity index (χ0v) is 14.0. The zero-order valence-electron chi connectivity index (χ0n) is 14.0. The molecule has 1 aromatic carbocycles. The zero-order chi connectivity index (χ0) is 16.8. The summed E-state index contributed by atoms with van der Waals surface area (Å²) in [5, 5.41) is 2.95. The van der Waals surface area contributed by atoms with Crippen molar-refractivity contribution in [1.29, 1.82) is 0 Å². The number of nitrogens with one attached hydrogen (secondary N) is 1. The fraction of sp³-hybridized carbons (Fsp3) is 0.556. The Hall–Kier alpha value is -1.88. The number of hydrogen-bond donors (Lipinski definition) is 2. The lowest BCUT2D eigenvalue weighted by Gasteiger charge is -2.36. The van der Waals surface area contributed by atoms with E-state index in [1.807, 2.05) is 0 Å². The normalized spacial score (nSPS) is 16.0. The van der Waals surface area contributed by atoms with Gasteiger partial charge in [-0.05, 0) is 29.9 Å². The molecule has 1 unspecified atom stereocenters. The van der Waals surface area contributed by atoms with Crippen LogP contribution in [0, 0.1) is 5.92 Å². The summed E-state index contributed by atoms with van der Waals surface area (Å²) in [6.07, 6.45) is 1.88. The second kappa shape index (κ2) is 8.11.